The Morgan fingerprint density at radius 1 is 1.19 bits per heavy atom. The predicted octanol–water partition coefficient (Wildman–Crippen LogP) is 1.27. The number of rotatable bonds is 5. The van der Waals surface area contributed by atoms with Crippen LogP contribution in [0, 0.1) is 11.3 Å². The maximum absolute atomic E-state index is 11.7. The van der Waals surface area contributed by atoms with Crippen LogP contribution in [0.25, 0.3) is 0 Å². The summed E-state index contributed by atoms with van der Waals surface area (Å²) in [5.74, 6) is -0.903. The molecule has 7 heteroatoms. The van der Waals surface area contributed by atoms with Gasteiger partial charge >= 0.3 is 0 Å². The molecule has 0 unspecified atom stereocenters. The topological polar surface area (TPSA) is 128 Å². The van der Waals surface area contributed by atoms with Crippen LogP contribution in [0.5, 0.6) is 0 Å². The molecule has 7 nitrogen and oxygen atoms in total. The number of nitrogens with one attached hydrogen (secondary N) is 2. The van der Waals surface area contributed by atoms with Crippen molar-refractivity contribution in [2.24, 2.45) is 5.73 Å². The number of nitriles is 1. The van der Waals surface area contributed by atoms with Crippen molar-refractivity contribution in [1.82, 2.24) is 0 Å². The van der Waals surface area contributed by atoms with Gasteiger partial charge in [-0.05, 0) is 31.2 Å². The number of allylic oxidation sites excluding steroid dienone is 1. The zero-order valence-electron chi connectivity index (χ0n) is 11.5. The van der Waals surface area contributed by atoms with Crippen molar-refractivity contribution in [1.29, 1.82) is 5.26 Å². The van der Waals surface area contributed by atoms with Gasteiger partial charge in [0.05, 0.1) is 24.6 Å². The Hall–Kier alpha value is -2.85. The van der Waals surface area contributed by atoms with Crippen LogP contribution in [-0.4, -0.2) is 23.5 Å². The summed E-state index contributed by atoms with van der Waals surface area (Å²) in [6.45, 7) is 1.24. The number of benzene rings is 1. The van der Waals surface area contributed by atoms with Crippen LogP contribution in [-0.2, 0) is 9.59 Å². The molecule has 0 aliphatic carbocycles. The highest BCUT2D eigenvalue weighted by Gasteiger charge is 2.09. The lowest BCUT2D eigenvalue weighted by molar-refractivity contribution is -0.116. The average molecular weight is 288 g/mol. The van der Waals surface area contributed by atoms with Crippen molar-refractivity contribution in [2.45, 2.75) is 13.3 Å². The van der Waals surface area contributed by atoms with Crippen LogP contribution in [0.3, 0.4) is 0 Å². The Balaban J connectivity index is 2.64. The number of aliphatic hydroxyl groups is 1. The number of hydrogen-bond acceptors (Lipinski definition) is 5. The van der Waals surface area contributed by atoms with Crippen LogP contribution in [0.4, 0.5) is 11.4 Å². The van der Waals surface area contributed by atoms with Crippen LogP contribution < -0.4 is 16.4 Å². The number of anilines is 2. The van der Waals surface area contributed by atoms with Gasteiger partial charge in [-0.15, -0.1) is 0 Å². The van der Waals surface area contributed by atoms with E-state index in [2.05, 4.69) is 10.6 Å². The Morgan fingerprint density at radius 3 is 2.05 bits per heavy atom. The van der Waals surface area contributed by atoms with Gasteiger partial charge in [0.15, 0.2) is 0 Å². The third-order valence-electron chi connectivity index (χ3n) is 2.55. The highest BCUT2D eigenvalue weighted by molar-refractivity contribution is 5.94. The second-order valence-electron chi connectivity index (χ2n) is 4.23. The van der Waals surface area contributed by atoms with E-state index in [1.54, 1.807) is 30.3 Å². The first-order valence-electron chi connectivity index (χ1n) is 6.15. The van der Waals surface area contributed by atoms with Gasteiger partial charge in [0, 0.05) is 11.4 Å². The molecule has 0 atom stereocenters. The largest absolute Gasteiger partial charge is 0.512 e. The van der Waals surface area contributed by atoms with Crippen molar-refractivity contribution in [2.75, 3.05) is 17.2 Å². The number of nitrogens with zero attached hydrogens (tertiary/aromatic N) is 1. The molecule has 0 saturated carbocycles. The monoisotopic (exact) mass is 288 g/mol. The first-order chi connectivity index (χ1) is 9.96. The lowest BCUT2D eigenvalue weighted by atomic mass is 10.1. The summed E-state index contributed by atoms with van der Waals surface area (Å²) in [4.78, 5) is 22.8. The maximum Gasteiger partial charge on any atom is 0.238 e. The highest BCUT2D eigenvalue weighted by atomic mass is 16.3. The van der Waals surface area contributed by atoms with Crippen molar-refractivity contribution in [3.05, 3.63) is 35.6 Å². The van der Waals surface area contributed by atoms with Crippen LogP contribution in [0.1, 0.15) is 13.3 Å². The standard InChI is InChI=1S/C14H16N4O3/c1-9(19)10(7-15)6-13(20)17-11-2-4-12(5-3-11)18-14(21)8-16/h2-5,19H,6,8,16H2,1H3,(H,17,20)(H,18,21). The molecule has 0 bridgehead atoms. The number of nitrogens with two attached hydrogens (primary N) is 1. The number of aliphatic hydroxyl groups excluding tert-OH is 1. The zero-order chi connectivity index (χ0) is 15.8. The maximum atomic E-state index is 11.7. The van der Waals surface area contributed by atoms with Gasteiger partial charge in [0.1, 0.15) is 5.76 Å². The summed E-state index contributed by atoms with van der Waals surface area (Å²) in [5.41, 5.74) is 6.27. The van der Waals surface area contributed by atoms with E-state index in [1.165, 1.54) is 6.92 Å². The quantitative estimate of drug-likeness (QED) is 0.479. The molecule has 110 valence electrons. The minimum atomic E-state index is -0.418. The molecule has 0 aliphatic rings. The minimum Gasteiger partial charge on any atom is -0.512 e. The summed E-state index contributed by atoms with van der Waals surface area (Å²) < 4.78 is 0. The molecule has 21 heavy (non-hydrogen) atoms. The van der Waals surface area contributed by atoms with E-state index in [0.717, 1.165) is 0 Å². The van der Waals surface area contributed by atoms with Crippen molar-refractivity contribution in [3.8, 4) is 6.07 Å². The fourth-order valence-electron chi connectivity index (χ4n) is 1.46. The second kappa shape index (κ2) is 7.67. The van der Waals surface area contributed by atoms with E-state index in [9.17, 15) is 14.7 Å². The molecule has 0 heterocycles. The predicted molar refractivity (Wildman–Crippen MR) is 78.3 cm³/mol. The molecule has 2 amide bonds. The fourth-order valence-corrected chi connectivity index (χ4v) is 1.46. The Kier molecular flexibility index (Phi) is 5.92. The van der Waals surface area contributed by atoms with Gasteiger partial charge in [-0.3, -0.25) is 9.59 Å². The smallest absolute Gasteiger partial charge is 0.238 e. The van der Waals surface area contributed by atoms with E-state index >= 15 is 0 Å². The number of carbonyl (C=O) groups is 2. The first kappa shape index (κ1) is 16.2. The molecule has 0 radical (unpaired) electrons. The molecule has 0 aromatic heterocycles. The van der Waals surface area contributed by atoms with E-state index in [0.29, 0.717) is 11.4 Å². The molecule has 0 aliphatic heterocycles. The summed E-state index contributed by atoms with van der Waals surface area (Å²) in [7, 11) is 0. The summed E-state index contributed by atoms with van der Waals surface area (Å²) in [5, 5.41) is 23.1. The summed E-state index contributed by atoms with van der Waals surface area (Å²) in [6, 6.07) is 8.20. The van der Waals surface area contributed by atoms with Gasteiger partial charge in [0.25, 0.3) is 0 Å². The number of amides is 2. The molecule has 0 fully saturated rings. The lowest BCUT2D eigenvalue weighted by Gasteiger charge is -2.07. The van der Waals surface area contributed by atoms with Crippen LogP contribution in [0.15, 0.2) is 35.6 Å². The van der Waals surface area contributed by atoms with E-state index in [1.807, 2.05) is 0 Å². The van der Waals surface area contributed by atoms with Gasteiger partial charge in [-0.1, -0.05) is 0 Å². The van der Waals surface area contributed by atoms with Gasteiger partial charge < -0.3 is 21.5 Å². The van der Waals surface area contributed by atoms with Crippen molar-refractivity contribution in [3.63, 3.8) is 0 Å². The summed E-state index contributed by atoms with van der Waals surface area (Å²) >= 11 is 0. The lowest BCUT2D eigenvalue weighted by Crippen LogP contribution is -2.21. The Bertz CT molecular complexity index is 596. The molecule has 1 aromatic carbocycles. The SMILES string of the molecule is CC(O)=C(C#N)CC(=O)Nc1ccc(NC(=O)CN)cc1. The number of hydrogen-bond donors (Lipinski definition) is 4. The minimum absolute atomic E-state index is 0.0133. The van der Waals surface area contributed by atoms with E-state index in [4.69, 9.17) is 11.0 Å². The molecular formula is C14H16N4O3. The van der Waals surface area contributed by atoms with Crippen molar-refractivity contribution < 1.29 is 14.7 Å². The van der Waals surface area contributed by atoms with E-state index < -0.39 is 5.91 Å². The van der Waals surface area contributed by atoms with E-state index in [-0.39, 0.29) is 30.2 Å². The van der Waals surface area contributed by atoms with Crippen LogP contribution >= 0.6 is 0 Å². The fraction of sp³-hybridized carbons (Fsp3) is 0.214. The third-order valence-corrected chi connectivity index (χ3v) is 2.55. The highest BCUT2D eigenvalue weighted by Crippen LogP contribution is 2.14. The second-order valence-corrected chi connectivity index (χ2v) is 4.23. The normalized spacial score (nSPS) is 11.1. The zero-order valence-corrected chi connectivity index (χ0v) is 11.5. The molecule has 0 saturated heterocycles. The molecule has 0 spiro atoms. The third kappa shape index (κ3) is 5.34. The molecule has 1 rings (SSSR count). The molecule has 1 aromatic rings. The average Bonchev–Trinajstić information content (AvgIpc) is 2.46. The van der Waals surface area contributed by atoms with Gasteiger partial charge in [0.2, 0.25) is 11.8 Å². The van der Waals surface area contributed by atoms with Crippen molar-refractivity contribution >= 4 is 23.2 Å². The first-order valence-corrected chi connectivity index (χ1v) is 6.15. The molecular weight excluding hydrogens is 272 g/mol. The van der Waals surface area contributed by atoms with Gasteiger partial charge in [-0.25, -0.2) is 0 Å². The Morgan fingerprint density at radius 2 is 1.67 bits per heavy atom. The molecule has 5 N–H and O–H groups in total. The summed E-state index contributed by atoms with van der Waals surface area (Å²) in [6.07, 6.45) is -0.204. The number of carbonyl (C=O) groups excluding carboxylic acids is 2. The van der Waals surface area contributed by atoms with Gasteiger partial charge in [-0.2, -0.15) is 5.26 Å². The Labute approximate surface area is 122 Å². The van der Waals surface area contributed by atoms with Crippen LogP contribution in [0.2, 0.25) is 0 Å².